The lowest BCUT2D eigenvalue weighted by Crippen LogP contribution is -2.32. The molecule has 0 fully saturated rings. The van der Waals surface area contributed by atoms with E-state index in [0.29, 0.717) is 12.1 Å². The zero-order valence-corrected chi connectivity index (χ0v) is 13.6. The molecule has 1 aromatic heterocycles. The molecule has 0 bridgehead atoms. The Labute approximate surface area is 135 Å². The molecule has 0 saturated carbocycles. The SMILES string of the molecule is CCCC(O)CNC(=O)c1ccc(-n2nc(C)cc2C)c(F)c1. The highest BCUT2D eigenvalue weighted by atomic mass is 19.1. The van der Waals surface area contributed by atoms with Crippen molar-refractivity contribution >= 4 is 5.91 Å². The highest BCUT2D eigenvalue weighted by molar-refractivity contribution is 5.94. The number of hydrogen-bond donors (Lipinski definition) is 2. The summed E-state index contributed by atoms with van der Waals surface area (Å²) >= 11 is 0. The van der Waals surface area contributed by atoms with Crippen molar-refractivity contribution in [3.63, 3.8) is 0 Å². The van der Waals surface area contributed by atoms with Crippen LogP contribution in [0, 0.1) is 19.7 Å². The molecule has 1 aromatic carbocycles. The predicted molar refractivity (Wildman–Crippen MR) is 86.2 cm³/mol. The Hall–Kier alpha value is -2.21. The molecule has 0 spiro atoms. The maximum Gasteiger partial charge on any atom is 0.251 e. The number of aliphatic hydroxyl groups is 1. The number of carbonyl (C=O) groups is 1. The summed E-state index contributed by atoms with van der Waals surface area (Å²) in [5.74, 6) is -0.920. The standard InChI is InChI=1S/C17H22FN3O2/c1-4-5-14(22)10-19-17(23)13-6-7-16(15(18)9-13)21-12(3)8-11(2)20-21/h6-9,14,22H,4-5,10H2,1-3H3,(H,19,23). The number of aryl methyl sites for hydroxylation is 2. The molecule has 0 aliphatic heterocycles. The fraction of sp³-hybridized carbons (Fsp3) is 0.412. The first-order valence-electron chi connectivity index (χ1n) is 7.71. The molecule has 124 valence electrons. The second-order valence-electron chi connectivity index (χ2n) is 5.66. The monoisotopic (exact) mass is 319 g/mol. The van der Waals surface area contributed by atoms with Crippen LogP contribution < -0.4 is 5.32 Å². The van der Waals surface area contributed by atoms with Gasteiger partial charge in [0.1, 0.15) is 11.5 Å². The Morgan fingerprint density at radius 2 is 2.13 bits per heavy atom. The van der Waals surface area contributed by atoms with Crippen molar-refractivity contribution in [2.24, 2.45) is 0 Å². The molecule has 2 rings (SSSR count). The highest BCUT2D eigenvalue weighted by Crippen LogP contribution is 2.17. The van der Waals surface area contributed by atoms with Crippen LogP contribution in [0.1, 0.15) is 41.5 Å². The third kappa shape index (κ3) is 4.16. The van der Waals surface area contributed by atoms with Gasteiger partial charge < -0.3 is 10.4 Å². The largest absolute Gasteiger partial charge is 0.391 e. The first kappa shape index (κ1) is 17.1. The summed E-state index contributed by atoms with van der Waals surface area (Å²) in [4.78, 5) is 12.0. The van der Waals surface area contributed by atoms with E-state index in [4.69, 9.17) is 0 Å². The third-order valence-electron chi connectivity index (χ3n) is 3.57. The second kappa shape index (κ2) is 7.37. The van der Waals surface area contributed by atoms with Crippen LogP contribution in [0.15, 0.2) is 24.3 Å². The van der Waals surface area contributed by atoms with Crippen molar-refractivity contribution in [1.29, 1.82) is 0 Å². The van der Waals surface area contributed by atoms with Gasteiger partial charge in [0.25, 0.3) is 5.91 Å². The number of aromatic nitrogens is 2. The first-order valence-corrected chi connectivity index (χ1v) is 7.71. The normalized spacial score (nSPS) is 12.2. The topological polar surface area (TPSA) is 67.2 Å². The van der Waals surface area contributed by atoms with Gasteiger partial charge in [-0.2, -0.15) is 5.10 Å². The van der Waals surface area contributed by atoms with Crippen LogP contribution in [-0.4, -0.2) is 33.4 Å². The molecular formula is C17H22FN3O2. The van der Waals surface area contributed by atoms with Crippen LogP contribution in [0.4, 0.5) is 4.39 Å². The molecule has 0 aliphatic carbocycles. The lowest BCUT2D eigenvalue weighted by Gasteiger charge is -2.11. The Bertz CT molecular complexity index is 697. The molecule has 0 aliphatic rings. The number of halogens is 1. The van der Waals surface area contributed by atoms with Gasteiger partial charge in [-0.15, -0.1) is 0 Å². The van der Waals surface area contributed by atoms with E-state index in [1.807, 2.05) is 26.8 Å². The maximum absolute atomic E-state index is 14.3. The van der Waals surface area contributed by atoms with Crippen molar-refractivity contribution in [2.45, 2.75) is 39.7 Å². The van der Waals surface area contributed by atoms with E-state index in [0.717, 1.165) is 17.8 Å². The van der Waals surface area contributed by atoms with Crippen molar-refractivity contribution in [2.75, 3.05) is 6.54 Å². The van der Waals surface area contributed by atoms with Crippen molar-refractivity contribution < 1.29 is 14.3 Å². The van der Waals surface area contributed by atoms with Crippen LogP contribution in [-0.2, 0) is 0 Å². The van der Waals surface area contributed by atoms with Gasteiger partial charge in [0.15, 0.2) is 0 Å². The number of nitrogens with zero attached hydrogens (tertiary/aromatic N) is 2. The zero-order valence-electron chi connectivity index (χ0n) is 13.6. The summed E-state index contributed by atoms with van der Waals surface area (Å²) in [6.07, 6.45) is 0.872. The minimum atomic E-state index is -0.581. The van der Waals surface area contributed by atoms with Crippen molar-refractivity contribution in [1.82, 2.24) is 15.1 Å². The first-order chi connectivity index (χ1) is 10.9. The molecule has 2 aromatic rings. The number of carbonyl (C=O) groups excluding carboxylic acids is 1. The van der Waals surface area contributed by atoms with Gasteiger partial charge in [-0.05, 0) is 44.5 Å². The number of hydrogen-bond acceptors (Lipinski definition) is 3. The number of benzene rings is 1. The third-order valence-corrected chi connectivity index (χ3v) is 3.57. The van der Waals surface area contributed by atoms with E-state index in [1.165, 1.54) is 16.8 Å². The Balaban J connectivity index is 2.13. The van der Waals surface area contributed by atoms with Crippen LogP contribution in [0.25, 0.3) is 5.69 Å². The fourth-order valence-corrected chi connectivity index (χ4v) is 2.44. The lowest BCUT2D eigenvalue weighted by molar-refractivity contribution is 0.0909. The molecule has 1 heterocycles. The molecule has 1 amide bonds. The predicted octanol–water partition coefficient (Wildman–Crippen LogP) is 2.52. The minimum absolute atomic E-state index is 0.160. The van der Waals surface area contributed by atoms with Crippen molar-refractivity contribution in [3.8, 4) is 5.69 Å². The molecule has 1 atom stereocenters. The van der Waals surface area contributed by atoms with Gasteiger partial charge in [-0.25, -0.2) is 9.07 Å². The van der Waals surface area contributed by atoms with E-state index in [2.05, 4.69) is 10.4 Å². The fourth-order valence-electron chi connectivity index (χ4n) is 2.44. The van der Waals surface area contributed by atoms with Gasteiger partial charge in [-0.3, -0.25) is 4.79 Å². The Morgan fingerprint density at radius 1 is 1.39 bits per heavy atom. The quantitative estimate of drug-likeness (QED) is 0.860. The average Bonchev–Trinajstić information content (AvgIpc) is 2.83. The van der Waals surface area contributed by atoms with Crippen LogP contribution in [0.2, 0.25) is 0 Å². The zero-order chi connectivity index (χ0) is 17.0. The molecular weight excluding hydrogens is 297 g/mol. The van der Waals surface area contributed by atoms with Gasteiger partial charge >= 0.3 is 0 Å². The number of amides is 1. The van der Waals surface area contributed by atoms with E-state index in [9.17, 15) is 14.3 Å². The molecule has 6 heteroatoms. The van der Waals surface area contributed by atoms with E-state index in [1.54, 1.807) is 6.07 Å². The smallest absolute Gasteiger partial charge is 0.251 e. The van der Waals surface area contributed by atoms with Crippen molar-refractivity contribution in [3.05, 3.63) is 47.0 Å². The van der Waals surface area contributed by atoms with Gasteiger partial charge in [-0.1, -0.05) is 13.3 Å². The lowest BCUT2D eigenvalue weighted by atomic mass is 10.1. The number of nitrogens with one attached hydrogen (secondary N) is 1. The summed E-state index contributed by atoms with van der Waals surface area (Å²) in [6, 6.07) is 6.13. The Kier molecular flexibility index (Phi) is 5.50. The van der Waals surface area contributed by atoms with Gasteiger partial charge in [0.05, 0.1) is 11.8 Å². The van der Waals surface area contributed by atoms with E-state index < -0.39 is 17.8 Å². The molecule has 2 N–H and O–H groups in total. The van der Waals surface area contributed by atoms with Crippen LogP contribution in [0.5, 0.6) is 0 Å². The number of rotatable bonds is 6. The summed E-state index contributed by atoms with van der Waals surface area (Å²) < 4.78 is 15.8. The van der Waals surface area contributed by atoms with E-state index in [-0.39, 0.29) is 12.1 Å². The van der Waals surface area contributed by atoms with Crippen LogP contribution in [0.3, 0.4) is 0 Å². The summed E-state index contributed by atoms with van der Waals surface area (Å²) in [5.41, 5.74) is 2.14. The summed E-state index contributed by atoms with van der Waals surface area (Å²) in [6.45, 7) is 5.80. The second-order valence-corrected chi connectivity index (χ2v) is 5.66. The summed E-state index contributed by atoms with van der Waals surface area (Å²) in [5, 5.41) is 16.5. The summed E-state index contributed by atoms with van der Waals surface area (Å²) in [7, 11) is 0. The van der Waals surface area contributed by atoms with Crippen LogP contribution >= 0.6 is 0 Å². The Morgan fingerprint density at radius 3 is 2.70 bits per heavy atom. The molecule has 0 saturated heterocycles. The van der Waals surface area contributed by atoms with Gasteiger partial charge in [0.2, 0.25) is 0 Å². The van der Waals surface area contributed by atoms with E-state index >= 15 is 0 Å². The minimum Gasteiger partial charge on any atom is -0.391 e. The molecule has 5 nitrogen and oxygen atoms in total. The average molecular weight is 319 g/mol. The number of aliphatic hydroxyl groups excluding tert-OH is 1. The maximum atomic E-state index is 14.3. The molecule has 23 heavy (non-hydrogen) atoms. The van der Waals surface area contributed by atoms with Gasteiger partial charge in [0, 0.05) is 17.8 Å². The molecule has 0 radical (unpaired) electrons. The highest BCUT2D eigenvalue weighted by Gasteiger charge is 2.14. The molecule has 1 unspecified atom stereocenters.